The van der Waals surface area contributed by atoms with Crippen molar-refractivity contribution in [2.45, 2.75) is 0 Å². The fourth-order valence-corrected chi connectivity index (χ4v) is 9.30. The number of hydrogen-bond donors (Lipinski definition) is 0. The van der Waals surface area contributed by atoms with Gasteiger partial charge in [-0.3, -0.25) is 0 Å². The van der Waals surface area contributed by atoms with E-state index in [4.69, 9.17) is 8.83 Å². The predicted octanol–water partition coefficient (Wildman–Crippen LogP) is 15.6. The first-order valence-corrected chi connectivity index (χ1v) is 19.2. The summed E-state index contributed by atoms with van der Waals surface area (Å²) in [5.74, 6) is 0.841. The minimum absolute atomic E-state index is 0.760. The monoisotopic (exact) mass is 712 g/mol. The van der Waals surface area contributed by atoms with Crippen molar-refractivity contribution in [3.05, 3.63) is 194 Å². The molecular formula is C54H32O2. The Hall–Kier alpha value is -7.42. The maximum atomic E-state index is 6.91. The second-order valence-electron chi connectivity index (χ2n) is 14.7. The largest absolute Gasteiger partial charge is 0.452 e. The van der Waals surface area contributed by atoms with Crippen molar-refractivity contribution in [3.8, 4) is 44.7 Å². The highest BCUT2D eigenvalue weighted by Crippen LogP contribution is 2.50. The fourth-order valence-electron chi connectivity index (χ4n) is 9.30. The molecule has 12 aromatic rings. The molecule has 2 nitrogen and oxygen atoms in total. The molecule has 0 amide bonds. The molecular weight excluding hydrogens is 681 g/mol. The summed E-state index contributed by atoms with van der Waals surface area (Å²) in [4.78, 5) is 0. The Morgan fingerprint density at radius 3 is 1.48 bits per heavy atom. The third-order valence-corrected chi connectivity index (χ3v) is 11.7. The molecule has 0 bridgehead atoms. The van der Waals surface area contributed by atoms with Gasteiger partial charge in [-0.2, -0.15) is 0 Å². The second kappa shape index (κ2) is 12.0. The highest BCUT2D eigenvalue weighted by atomic mass is 16.4. The van der Waals surface area contributed by atoms with E-state index in [9.17, 15) is 0 Å². The van der Waals surface area contributed by atoms with E-state index >= 15 is 0 Å². The minimum atomic E-state index is 0.760. The summed E-state index contributed by atoms with van der Waals surface area (Å²) in [7, 11) is 0. The molecule has 2 heteroatoms. The van der Waals surface area contributed by atoms with Crippen LogP contribution in [0, 0.1) is 0 Å². The van der Waals surface area contributed by atoms with E-state index in [1.165, 1.54) is 59.8 Å². The van der Waals surface area contributed by atoms with Crippen LogP contribution in [0.25, 0.3) is 121 Å². The fraction of sp³-hybridized carbons (Fsp3) is 0. The normalized spacial score (nSPS) is 11.9. The van der Waals surface area contributed by atoms with Crippen LogP contribution in [0.15, 0.2) is 203 Å². The molecule has 0 unspecified atom stereocenters. The Balaban J connectivity index is 1.17. The molecule has 0 saturated heterocycles. The van der Waals surface area contributed by atoms with Gasteiger partial charge in [0.25, 0.3) is 0 Å². The van der Waals surface area contributed by atoms with Gasteiger partial charge in [0.1, 0.15) is 11.3 Å². The standard InChI is InChI=1S/C54H32O2/c1-3-16-33(17-4-1)48-44-30-31-45-51-43(28-15-29-47(51)55-53(45)54(44)56-52(48)34-18-5-2-6-19-34)49-39-24-11-13-26-41(39)50(42-27-14-12-25-40(42)49)46-32-35-20-7-8-21-36(35)37-22-9-10-23-38(37)46/h1-32H. The van der Waals surface area contributed by atoms with Crippen molar-refractivity contribution in [2.75, 3.05) is 0 Å². The summed E-state index contributed by atoms with van der Waals surface area (Å²) in [6, 6.07) is 69.6. The Morgan fingerprint density at radius 2 is 0.804 bits per heavy atom. The van der Waals surface area contributed by atoms with E-state index < -0.39 is 0 Å². The van der Waals surface area contributed by atoms with Gasteiger partial charge in [-0.1, -0.05) is 170 Å². The molecule has 260 valence electrons. The number of hydrogen-bond acceptors (Lipinski definition) is 2. The van der Waals surface area contributed by atoms with E-state index in [1.54, 1.807) is 0 Å². The molecule has 0 aliphatic rings. The van der Waals surface area contributed by atoms with Crippen molar-refractivity contribution >= 4 is 76.0 Å². The van der Waals surface area contributed by atoms with Gasteiger partial charge < -0.3 is 8.83 Å². The lowest BCUT2D eigenvalue weighted by Gasteiger charge is -2.20. The van der Waals surface area contributed by atoms with Gasteiger partial charge in [0.15, 0.2) is 11.2 Å². The number of rotatable bonds is 4. The third-order valence-electron chi connectivity index (χ3n) is 11.7. The lowest BCUT2D eigenvalue weighted by atomic mass is 9.83. The van der Waals surface area contributed by atoms with Crippen LogP contribution < -0.4 is 0 Å². The molecule has 12 rings (SSSR count). The van der Waals surface area contributed by atoms with Gasteiger partial charge >= 0.3 is 0 Å². The molecule has 0 saturated carbocycles. The van der Waals surface area contributed by atoms with Gasteiger partial charge in [0.05, 0.1) is 0 Å². The average Bonchev–Trinajstić information content (AvgIpc) is 3.86. The summed E-state index contributed by atoms with van der Waals surface area (Å²) in [5, 5.41) is 13.0. The predicted molar refractivity (Wildman–Crippen MR) is 235 cm³/mol. The van der Waals surface area contributed by atoms with Crippen molar-refractivity contribution < 1.29 is 8.83 Å². The molecule has 0 aliphatic carbocycles. The quantitative estimate of drug-likeness (QED) is 0.134. The summed E-state index contributed by atoms with van der Waals surface area (Å²) < 4.78 is 13.8. The molecule has 0 aliphatic heterocycles. The Labute approximate surface area is 322 Å². The zero-order valence-electron chi connectivity index (χ0n) is 30.3. The van der Waals surface area contributed by atoms with Crippen molar-refractivity contribution in [3.63, 3.8) is 0 Å². The highest BCUT2D eigenvalue weighted by Gasteiger charge is 2.25. The summed E-state index contributed by atoms with van der Waals surface area (Å²) in [6.07, 6.45) is 0. The molecule has 0 radical (unpaired) electrons. The van der Waals surface area contributed by atoms with Crippen LogP contribution in [-0.4, -0.2) is 0 Å². The number of fused-ring (bicyclic) bond motifs is 10. The average molecular weight is 713 g/mol. The van der Waals surface area contributed by atoms with Crippen LogP contribution in [-0.2, 0) is 0 Å². The molecule has 0 N–H and O–H groups in total. The van der Waals surface area contributed by atoms with Gasteiger partial charge in [-0.15, -0.1) is 0 Å². The van der Waals surface area contributed by atoms with Crippen LogP contribution in [0.1, 0.15) is 0 Å². The topological polar surface area (TPSA) is 26.3 Å². The van der Waals surface area contributed by atoms with E-state index in [0.717, 1.165) is 60.9 Å². The van der Waals surface area contributed by atoms with Crippen molar-refractivity contribution in [1.82, 2.24) is 0 Å². The highest BCUT2D eigenvalue weighted by molar-refractivity contribution is 6.29. The number of furan rings is 2. The van der Waals surface area contributed by atoms with Crippen molar-refractivity contribution in [2.24, 2.45) is 0 Å². The van der Waals surface area contributed by atoms with Crippen LogP contribution >= 0.6 is 0 Å². The lowest BCUT2D eigenvalue weighted by Crippen LogP contribution is -1.92. The summed E-state index contributed by atoms with van der Waals surface area (Å²) in [6.45, 7) is 0. The molecule has 0 fully saturated rings. The first kappa shape index (κ1) is 31.0. The number of benzene rings is 10. The second-order valence-corrected chi connectivity index (χ2v) is 14.7. The van der Waals surface area contributed by atoms with Crippen LogP contribution in [0.2, 0.25) is 0 Å². The zero-order valence-corrected chi connectivity index (χ0v) is 30.3. The summed E-state index contributed by atoms with van der Waals surface area (Å²) >= 11 is 0. The van der Waals surface area contributed by atoms with E-state index in [-0.39, 0.29) is 0 Å². The van der Waals surface area contributed by atoms with Gasteiger partial charge in [-0.05, 0) is 95.2 Å². The van der Waals surface area contributed by atoms with Crippen molar-refractivity contribution in [1.29, 1.82) is 0 Å². The zero-order chi connectivity index (χ0) is 36.7. The third kappa shape index (κ3) is 4.44. The van der Waals surface area contributed by atoms with Crippen LogP contribution in [0.4, 0.5) is 0 Å². The van der Waals surface area contributed by atoms with Gasteiger partial charge in [-0.25, -0.2) is 0 Å². The Bertz CT molecular complexity index is 3460. The van der Waals surface area contributed by atoms with E-state index in [0.29, 0.717) is 0 Å². The van der Waals surface area contributed by atoms with E-state index in [2.05, 4.69) is 188 Å². The molecule has 2 aromatic heterocycles. The minimum Gasteiger partial charge on any atom is -0.452 e. The Morgan fingerprint density at radius 1 is 0.286 bits per heavy atom. The molecule has 56 heavy (non-hydrogen) atoms. The first-order valence-electron chi connectivity index (χ1n) is 19.2. The van der Waals surface area contributed by atoms with E-state index in [1.807, 2.05) is 6.07 Å². The van der Waals surface area contributed by atoms with Crippen LogP contribution in [0.3, 0.4) is 0 Å². The van der Waals surface area contributed by atoms with Gasteiger partial charge in [0.2, 0.25) is 0 Å². The lowest BCUT2D eigenvalue weighted by molar-refractivity contribution is 0.612. The van der Waals surface area contributed by atoms with Gasteiger partial charge in [0, 0.05) is 27.3 Å². The van der Waals surface area contributed by atoms with Crippen LogP contribution in [0.5, 0.6) is 0 Å². The maximum absolute atomic E-state index is 6.91. The molecule has 0 spiro atoms. The molecule has 10 aromatic carbocycles. The first-order chi connectivity index (χ1) is 27.8. The smallest absolute Gasteiger partial charge is 0.178 e. The summed E-state index contributed by atoms with van der Waals surface area (Å²) in [5.41, 5.74) is 10.4. The Kier molecular flexibility index (Phi) is 6.66. The SMILES string of the molecule is c1ccc(-c2oc3c(ccc4c3oc3cccc(-c5c6ccccc6c(-c6cc7ccccc7c7ccccc67)c6ccccc56)c34)c2-c2ccccc2)cc1. The maximum Gasteiger partial charge on any atom is 0.178 e. The molecule has 0 atom stereocenters. The molecule has 2 heterocycles.